The van der Waals surface area contributed by atoms with Crippen LogP contribution in [-0.4, -0.2) is 16.5 Å². The number of pyridine rings is 1. The molecule has 4 aliphatic rings. The van der Waals surface area contributed by atoms with Crippen molar-refractivity contribution in [2.75, 3.05) is 16.8 Å². The smallest absolute Gasteiger partial charge is 0.128 e. The van der Waals surface area contributed by atoms with E-state index in [9.17, 15) is 14.0 Å². The number of dihydropyridines is 1. The van der Waals surface area contributed by atoms with Gasteiger partial charge in [0.15, 0.2) is 0 Å². The Morgan fingerprint density at radius 2 is 2.00 bits per heavy atom. The van der Waals surface area contributed by atoms with Gasteiger partial charge in [-0.3, -0.25) is 4.98 Å². The molecule has 0 saturated carbocycles. The minimum Gasteiger partial charge on any atom is -0.348 e. The van der Waals surface area contributed by atoms with Crippen molar-refractivity contribution in [1.82, 2.24) is 15.3 Å². The number of aromatic nitrogens is 2. The minimum atomic E-state index is -0.653. The summed E-state index contributed by atoms with van der Waals surface area (Å²) in [5.74, 6) is 0.123. The van der Waals surface area contributed by atoms with E-state index in [0.717, 1.165) is 28.6 Å². The second-order valence-corrected chi connectivity index (χ2v) is 6.72. The molecule has 0 bridgehead atoms. The van der Waals surface area contributed by atoms with Gasteiger partial charge in [0.2, 0.25) is 0 Å². The van der Waals surface area contributed by atoms with Crippen molar-refractivity contribution in [2.45, 2.75) is 0 Å². The average molecular weight is 388 g/mol. The van der Waals surface area contributed by atoms with E-state index in [4.69, 9.17) is 0 Å². The van der Waals surface area contributed by atoms with Crippen LogP contribution in [0.1, 0.15) is 0 Å². The van der Waals surface area contributed by atoms with Crippen LogP contribution in [-0.2, 0) is 0 Å². The number of nitriles is 1. The van der Waals surface area contributed by atoms with E-state index in [1.54, 1.807) is 29.7 Å². The molecule has 0 spiro atoms. The van der Waals surface area contributed by atoms with Crippen LogP contribution in [0.3, 0.4) is 0 Å². The number of hydrogen-bond acceptors (Lipinski definition) is 5. The van der Waals surface area contributed by atoms with E-state index < -0.39 is 11.6 Å². The third kappa shape index (κ3) is 2.89. The van der Waals surface area contributed by atoms with Gasteiger partial charge in [0.05, 0.1) is 12.1 Å². The molecule has 0 amide bonds. The standard InChI is InChI=1S/C21H14F2N6/c22-14-3-15(23)5-16(4-14)29-10-18-13(6-24)8-27-21(19(18)11-29)28-20-17-9-25-7-12(17)1-2-26-20/h1-5,7-10,26-28H,11H2. The van der Waals surface area contributed by atoms with E-state index in [-0.39, 0.29) is 0 Å². The summed E-state index contributed by atoms with van der Waals surface area (Å²) in [7, 11) is 0. The van der Waals surface area contributed by atoms with Crippen molar-refractivity contribution in [3.8, 4) is 17.2 Å². The van der Waals surface area contributed by atoms with Crippen LogP contribution in [0.2, 0.25) is 0 Å². The number of allylic oxidation sites excluding steroid dienone is 1. The molecule has 5 rings (SSSR count). The molecule has 0 fully saturated rings. The summed E-state index contributed by atoms with van der Waals surface area (Å²) in [4.78, 5) is 9.05. The zero-order chi connectivity index (χ0) is 20.0. The lowest BCUT2D eigenvalue weighted by atomic mass is 10.00. The number of anilines is 2. The maximum absolute atomic E-state index is 13.7. The van der Waals surface area contributed by atoms with E-state index in [1.807, 2.05) is 12.3 Å². The molecule has 4 heterocycles. The molecule has 1 aromatic carbocycles. The zero-order valence-electron chi connectivity index (χ0n) is 15.0. The lowest BCUT2D eigenvalue weighted by molar-refractivity contribution is 0.583. The van der Waals surface area contributed by atoms with Crippen molar-refractivity contribution in [2.24, 2.45) is 0 Å². The molecule has 1 aromatic rings. The third-order valence-electron chi connectivity index (χ3n) is 4.93. The Labute approximate surface area is 164 Å². The summed E-state index contributed by atoms with van der Waals surface area (Å²) in [6.45, 7) is 0.349. The Bertz CT molecular complexity index is 1210. The van der Waals surface area contributed by atoms with Crippen molar-refractivity contribution >= 4 is 11.5 Å². The Morgan fingerprint density at radius 3 is 2.79 bits per heavy atom. The number of halogens is 2. The first kappa shape index (κ1) is 17.0. The van der Waals surface area contributed by atoms with Gasteiger partial charge in [-0.05, 0) is 18.2 Å². The van der Waals surface area contributed by atoms with Crippen LogP contribution in [0.5, 0.6) is 0 Å². The summed E-state index contributed by atoms with van der Waals surface area (Å²) in [6, 6.07) is 7.44. The largest absolute Gasteiger partial charge is 0.348 e. The van der Waals surface area contributed by atoms with Gasteiger partial charge in [-0.2, -0.15) is 5.26 Å². The Balaban J connectivity index is 1.54. The zero-order valence-corrected chi connectivity index (χ0v) is 15.0. The van der Waals surface area contributed by atoms with Gasteiger partial charge >= 0.3 is 0 Å². The second-order valence-electron chi connectivity index (χ2n) is 6.72. The summed E-state index contributed by atoms with van der Waals surface area (Å²) in [5, 5.41) is 15.9. The molecule has 0 aliphatic carbocycles. The summed E-state index contributed by atoms with van der Waals surface area (Å²) < 4.78 is 27.4. The topological polar surface area (TPSA) is 79.8 Å². The van der Waals surface area contributed by atoms with Gasteiger partial charge in [-0.15, -0.1) is 0 Å². The van der Waals surface area contributed by atoms with E-state index in [1.165, 1.54) is 12.1 Å². The molecule has 0 radical (unpaired) electrons. The van der Waals surface area contributed by atoms with E-state index in [2.05, 4.69) is 26.7 Å². The van der Waals surface area contributed by atoms with Crippen LogP contribution < -0.4 is 15.5 Å². The van der Waals surface area contributed by atoms with Crippen LogP contribution in [0.25, 0.3) is 11.1 Å². The fourth-order valence-electron chi connectivity index (χ4n) is 3.56. The molecule has 0 aromatic heterocycles. The molecule has 142 valence electrons. The third-order valence-corrected chi connectivity index (χ3v) is 4.93. The highest BCUT2D eigenvalue weighted by atomic mass is 19.1. The minimum absolute atomic E-state index is 0.349. The summed E-state index contributed by atoms with van der Waals surface area (Å²) >= 11 is 0. The number of benzene rings is 1. The molecule has 6 nitrogen and oxygen atoms in total. The lowest BCUT2D eigenvalue weighted by Gasteiger charge is -2.22. The quantitative estimate of drug-likeness (QED) is 0.636. The molecule has 4 aliphatic heterocycles. The highest BCUT2D eigenvalue weighted by Gasteiger charge is 2.29. The maximum atomic E-state index is 13.7. The summed E-state index contributed by atoms with van der Waals surface area (Å²) in [6.07, 6.45) is 8.68. The summed E-state index contributed by atoms with van der Waals surface area (Å²) in [5.41, 5.74) is 4.25. The number of fused-ring (bicyclic) bond motifs is 2. The number of nitrogens with one attached hydrogen (secondary N) is 3. The molecular formula is C21H14F2N6. The average Bonchev–Trinajstić information content (AvgIpc) is 3.35. The monoisotopic (exact) mass is 388 g/mol. The Morgan fingerprint density at radius 1 is 1.17 bits per heavy atom. The second kappa shape index (κ2) is 6.49. The molecule has 3 N–H and O–H groups in total. The number of rotatable bonds is 3. The highest BCUT2D eigenvalue weighted by molar-refractivity contribution is 5.78. The van der Waals surface area contributed by atoms with Gasteiger partial charge < -0.3 is 20.5 Å². The van der Waals surface area contributed by atoms with Crippen LogP contribution >= 0.6 is 0 Å². The van der Waals surface area contributed by atoms with Crippen LogP contribution in [0.15, 0.2) is 77.8 Å². The molecular weight excluding hydrogens is 374 g/mol. The van der Waals surface area contributed by atoms with Crippen LogP contribution in [0.4, 0.5) is 20.3 Å². The first-order valence-electron chi connectivity index (χ1n) is 8.86. The predicted molar refractivity (Wildman–Crippen MR) is 104 cm³/mol. The molecule has 29 heavy (non-hydrogen) atoms. The Hall–Kier alpha value is -4.12. The molecule has 8 heteroatoms. The predicted octanol–water partition coefficient (Wildman–Crippen LogP) is 3.83. The van der Waals surface area contributed by atoms with Crippen LogP contribution in [0, 0.1) is 23.0 Å². The normalized spacial score (nSPS) is 15.6. The van der Waals surface area contributed by atoms with Gasteiger partial charge in [-0.25, -0.2) is 8.78 Å². The first-order valence-corrected chi connectivity index (χ1v) is 8.86. The fraction of sp³-hybridized carbons (Fsp3) is 0.0476. The lowest BCUT2D eigenvalue weighted by Crippen LogP contribution is -2.24. The molecule has 0 saturated heterocycles. The maximum Gasteiger partial charge on any atom is 0.128 e. The number of aromatic amines is 1. The van der Waals surface area contributed by atoms with E-state index >= 15 is 0 Å². The van der Waals surface area contributed by atoms with Gasteiger partial charge in [0.25, 0.3) is 0 Å². The highest BCUT2D eigenvalue weighted by Crippen LogP contribution is 2.36. The van der Waals surface area contributed by atoms with Crippen molar-refractivity contribution in [1.29, 1.82) is 5.26 Å². The Kier molecular flexibility index (Phi) is 3.81. The van der Waals surface area contributed by atoms with Crippen molar-refractivity contribution in [3.63, 3.8) is 0 Å². The van der Waals surface area contributed by atoms with Gasteiger partial charge in [-0.1, -0.05) is 0 Å². The fourth-order valence-corrected chi connectivity index (χ4v) is 3.56. The van der Waals surface area contributed by atoms with Gasteiger partial charge in [0, 0.05) is 65.0 Å². The van der Waals surface area contributed by atoms with Gasteiger partial charge in [0.1, 0.15) is 29.3 Å². The molecule has 0 unspecified atom stereocenters. The molecule has 0 atom stereocenters. The number of nitrogens with zero attached hydrogens (tertiary/aromatic N) is 3. The van der Waals surface area contributed by atoms with Crippen molar-refractivity contribution in [3.05, 3.63) is 89.4 Å². The number of hydrogen-bond donors (Lipinski definition) is 3. The van der Waals surface area contributed by atoms with Crippen molar-refractivity contribution < 1.29 is 8.78 Å². The SMILES string of the molecule is N#CC1=CNC(Nc2[nH]ccc3cncc2-3)=C2CN(c3cc(F)cc(F)c3)C=C12. The number of H-pyrrole nitrogens is 1. The first-order chi connectivity index (χ1) is 14.1. The van der Waals surface area contributed by atoms with E-state index in [0.29, 0.717) is 29.2 Å².